The van der Waals surface area contributed by atoms with Crippen LogP contribution in [0.4, 0.5) is 11.5 Å². The third-order valence-electron chi connectivity index (χ3n) is 7.87. The Hall–Kier alpha value is -2.69. The quantitative estimate of drug-likeness (QED) is 0.450. The summed E-state index contributed by atoms with van der Waals surface area (Å²) in [5, 5.41) is 0. The number of aldehydes is 1. The number of rotatable bonds is 8. The standard InChI is InChI=1S/C29H39N3O6S/c1-20(2)18-32(26-5-7-29(30-21(26)3)31-10-14-37-15-11-31)39(34,35)24-4-6-27-25(17-24)23(19-33)16-28(38-27)22-8-12-36-13-9-22/h4-7,17,19-20,22-23,28H,8-16,18H2,1-3H3. The van der Waals surface area contributed by atoms with Crippen LogP contribution in [0.2, 0.25) is 0 Å². The van der Waals surface area contributed by atoms with Gasteiger partial charge in [0.25, 0.3) is 10.0 Å². The lowest BCUT2D eigenvalue weighted by molar-refractivity contribution is -0.110. The molecule has 3 aliphatic heterocycles. The SMILES string of the molecule is Cc1nc(N2CCOCC2)ccc1N(CC(C)C)S(=O)(=O)c1ccc2c(c1)C(C=O)CC(C1CCOCC1)O2. The van der Waals surface area contributed by atoms with Gasteiger partial charge in [-0.05, 0) is 62.4 Å². The first kappa shape index (κ1) is 27.9. The normalized spacial score (nSPS) is 22.3. The highest BCUT2D eigenvalue weighted by atomic mass is 32.2. The smallest absolute Gasteiger partial charge is 0.264 e. The van der Waals surface area contributed by atoms with Gasteiger partial charge in [-0.2, -0.15) is 0 Å². The molecule has 39 heavy (non-hydrogen) atoms. The predicted molar refractivity (Wildman–Crippen MR) is 149 cm³/mol. The van der Waals surface area contributed by atoms with Crippen LogP contribution in [-0.2, 0) is 24.3 Å². The summed E-state index contributed by atoms with van der Waals surface area (Å²) in [6, 6.07) is 8.67. The maximum absolute atomic E-state index is 14.1. The van der Waals surface area contributed by atoms with Crippen LogP contribution in [0.3, 0.4) is 0 Å². The molecule has 0 aliphatic carbocycles. The van der Waals surface area contributed by atoms with E-state index in [0.717, 1.165) is 38.0 Å². The van der Waals surface area contributed by atoms with Crippen LogP contribution in [0.15, 0.2) is 35.2 Å². The molecule has 1 aromatic carbocycles. The first-order valence-electron chi connectivity index (χ1n) is 13.9. The number of fused-ring (bicyclic) bond motifs is 1. The molecule has 0 radical (unpaired) electrons. The molecule has 2 fully saturated rings. The van der Waals surface area contributed by atoms with Crippen LogP contribution in [0.1, 0.15) is 50.3 Å². The fourth-order valence-corrected chi connectivity index (χ4v) is 7.45. The number of carbonyl (C=O) groups is 1. The number of benzene rings is 1. The number of ether oxygens (including phenoxy) is 3. The molecule has 1 aromatic heterocycles. The van der Waals surface area contributed by atoms with E-state index in [2.05, 4.69) is 4.90 Å². The van der Waals surface area contributed by atoms with Crippen molar-refractivity contribution in [3.8, 4) is 5.75 Å². The van der Waals surface area contributed by atoms with Crippen molar-refractivity contribution < 1.29 is 27.4 Å². The van der Waals surface area contributed by atoms with E-state index in [0.29, 0.717) is 68.0 Å². The van der Waals surface area contributed by atoms with Crippen LogP contribution in [0.25, 0.3) is 0 Å². The molecule has 0 saturated carbocycles. The van der Waals surface area contributed by atoms with Gasteiger partial charge in [-0.15, -0.1) is 0 Å². The first-order valence-corrected chi connectivity index (χ1v) is 15.4. The average Bonchev–Trinajstić information content (AvgIpc) is 2.96. The molecular weight excluding hydrogens is 518 g/mol. The number of pyridine rings is 1. The highest BCUT2D eigenvalue weighted by molar-refractivity contribution is 7.92. The van der Waals surface area contributed by atoms with E-state index in [1.165, 1.54) is 4.31 Å². The number of hydrogen-bond acceptors (Lipinski definition) is 8. The summed E-state index contributed by atoms with van der Waals surface area (Å²) in [7, 11) is -3.94. The number of carbonyl (C=O) groups excluding carboxylic acids is 1. The molecule has 212 valence electrons. The zero-order valence-electron chi connectivity index (χ0n) is 23.0. The van der Waals surface area contributed by atoms with E-state index in [9.17, 15) is 13.2 Å². The lowest BCUT2D eigenvalue weighted by atomic mass is 9.83. The topological polar surface area (TPSA) is 98.3 Å². The molecular formula is C29H39N3O6S. The van der Waals surface area contributed by atoms with E-state index in [4.69, 9.17) is 19.2 Å². The molecule has 10 heteroatoms. The zero-order chi connectivity index (χ0) is 27.6. The molecule has 0 amide bonds. The van der Waals surface area contributed by atoms with E-state index in [-0.39, 0.29) is 16.9 Å². The van der Waals surface area contributed by atoms with Crippen molar-refractivity contribution in [2.75, 3.05) is 55.3 Å². The number of sulfonamides is 1. The fraction of sp³-hybridized carbons (Fsp3) is 0.586. The monoisotopic (exact) mass is 557 g/mol. The van der Waals surface area contributed by atoms with Crippen molar-refractivity contribution >= 4 is 27.8 Å². The maximum Gasteiger partial charge on any atom is 0.264 e. The van der Waals surface area contributed by atoms with Gasteiger partial charge in [-0.25, -0.2) is 13.4 Å². The second-order valence-corrected chi connectivity index (χ2v) is 12.9. The minimum Gasteiger partial charge on any atom is -0.490 e. The van der Waals surface area contributed by atoms with Gasteiger partial charge >= 0.3 is 0 Å². The molecule has 2 aromatic rings. The highest BCUT2D eigenvalue weighted by Crippen LogP contribution is 2.41. The second kappa shape index (κ2) is 11.8. The molecule has 9 nitrogen and oxygen atoms in total. The second-order valence-electron chi connectivity index (χ2n) is 11.1. The van der Waals surface area contributed by atoms with Crippen LogP contribution in [-0.4, -0.2) is 71.9 Å². The number of aromatic nitrogens is 1. The Balaban J connectivity index is 1.45. The maximum atomic E-state index is 14.1. The van der Waals surface area contributed by atoms with Gasteiger partial charge in [0.15, 0.2) is 0 Å². The minimum absolute atomic E-state index is 0.0739. The summed E-state index contributed by atoms with van der Waals surface area (Å²) in [6.45, 7) is 10.3. The van der Waals surface area contributed by atoms with Gasteiger partial charge in [-0.1, -0.05) is 13.8 Å². The van der Waals surface area contributed by atoms with Gasteiger partial charge in [0.05, 0.1) is 29.5 Å². The van der Waals surface area contributed by atoms with Crippen LogP contribution < -0.4 is 13.9 Å². The van der Waals surface area contributed by atoms with Crippen LogP contribution in [0.5, 0.6) is 5.75 Å². The highest BCUT2D eigenvalue weighted by Gasteiger charge is 2.36. The molecule has 0 bridgehead atoms. The first-order chi connectivity index (χ1) is 18.8. The number of morpholine rings is 1. The Morgan fingerprint density at radius 1 is 1.08 bits per heavy atom. The van der Waals surface area contributed by atoms with E-state index < -0.39 is 15.9 Å². The summed E-state index contributed by atoms with van der Waals surface area (Å²) in [4.78, 5) is 19.2. The zero-order valence-corrected chi connectivity index (χ0v) is 23.9. The third-order valence-corrected chi connectivity index (χ3v) is 9.64. The lowest BCUT2D eigenvalue weighted by Crippen LogP contribution is -2.38. The summed E-state index contributed by atoms with van der Waals surface area (Å²) in [6.07, 6.45) is 3.20. The predicted octanol–water partition coefficient (Wildman–Crippen LogP) is 3.94. The van der Waals surface area contributed by atoms with E-state index in [1.54, 1.807) is 18.2 Å². The summed E-state index contributed by atoms with van der Waals surface area (Å²) in [5.74, 6) is 1.42. The fourth-order valence-electron chi connectivity index (χ4n) is 5.74. The van der Waals surface area contributed by atoms with Crippen molar-refractivity contribution in [2.24, 2.45) is 11.8 Å². The largest absolute Gasteiger partial charge is 0.490 e. The Labute approximate surface area is 231 Å². The van der Waals surface area contributed by atoms with E-state index >= 15 is 0 Å². The van der Waals surface area contributed by atoms with Crippen LogP contribution >= 0.6 is 0 Å². The molecule has 0 spiro atoms. The van der Waals surface area contributed by atoms with Crippen molar-refractivity contribution in [1.82, 2.24) is 4.98 Å². The number of aryl methyl sites for hydroxylation is 1. The van der Waals surface area contributed by atoms with Gasteiger partial charge in [-0.3, -0.25) is 4.31 Å². The van der Waals surface area contributed by atoms with Gasteiger partial charge < -0.3 is 23.9 Å². The summed E-state index contributed by atoms with van der Waals surface area (Å²) in [5.41, 5.74) is 1.84. The summed E-state index contributed by atoms with van der Waals surface area (Å²) >= 11 is 0. The van der Waals surface area contributed by atoms with Crippen molar-refractivity contribution in [1.29, 1.82) is 0 Å². The molecule has 3 aliphatic rings. The molecule has 2 saturated heterocycles. The van der Waals surface area contributed by atoms with Crippen molar-refractivity contribution in [3.63, 3.8) is 0 Å². The minimum atomic E-state index is -3.94. The Kier molecular flexibility index (Phi) is 8.44. The molecule has 4 heterocycles. The molecule has 2 atom stereocenters. The Morgan fingerprint density at radius 2 is 1.79 bits per heavy atom. The Morgan fingerprint density at radius 3 is 2.46 bits per heavy atom. The number of anilines is 2. The lowest BCUT2D eigenvalue weighted by Gasteiger charge is -2.36. The third kappa shape index (κ3) is 5.93. The van der Waals surface area contributed by atoms with E-state index in [1.807, 2.05) is 32.9 Å². The van der Waals surface area contributed by atoms with Gasteiger partial charge in [0.1, 0.15) is 24.0 Å². The number of hydrogen-bond donors (Lipinski definition) is 0. The van der Waals surface area contributed by atoms with Crippen molar-refractivity contribution in [3.05, 3.63) is 41.6 Å². The summed E-state index contributed by atoms with van der Waals surface area (Å²) < 4.78 is 47.0. The number of nitrogens with zero attached hydrogens (tertiary/aromatic N) is 3. The average molecular weight is 558 g/mol. The molecule has 5 rings (SSSR count). The van der Waals surface area contributed by atoms with Gasteiger partial charge in [0.2, 0.25) is 0 Å². The van der Waals surface area contributed by atoms with Crippen LogP contribution in [0, 0.1) is 18.8 Å². The Bertz CT molecular complexity index is 1270. The van der Waals surface area contributed by atoms with Crippen molar-refractivity contribution in [2.45, 2.75) is 57.0 Å². The molecule has 0 N–H and O–H groups in total. The molecule has 2 unspecified atom stereocenters. The van der Waals surface area contributed by atoms with Gasteiger partial charge in [0, 0.05) is 50.2 Å².